The highest BCUT2D eigenvalue weighted by Crippen LogP contribution is 2.54. The largest absolute Gasteiger partial charge is 0.313 e. The monoisotopic (exact) mass is 676 g/mol. The molecule has 250 valence electrons. The Morgan fingerprint density at radius 2 is 1.19 bits per heavy atom. The van der Waals surface area contributed by atoms with Crippen LogP contribution in [0.3, 0.4) is 0 Å². The summed E-state index contributed by atoms with van der Waals surface area (Å²) in [6.45, 7) is 0. The maximum Gasteiger partial charge on any atom is 0.108 e. The van der Waals surface area contributed by atoms with Crippen LogP contribution in [0.2, 0.25) is 0 Å². The number of rotatable bonds is 5. The van der Waals surface area contributed by atoms with E-state index < -0.39 is 5.41 Å². The summed E-state index contributed by atoms with van der Waals surface area (Å²) in [5.74, 6) is 7.41. The first-order valence-corrected chi connectivity index (χ1v) is 18.4. The van der Waals surface area contributed by atoms with Gasteiger partial charge in [-0.3, -0.25) is 0 Å². The van der Waals surface area contributed by atoms with Crippen molar-refractivity contribution in [3.63, 3.8) is 0 Å². The molecule has 53 heavy (non-hydrogen) atoms. The molecule has 0 spiro atoms. The van der Waals surface area contributed by atoms with Crippen LogP contribution in [-0.2, 0) is 11.8 Å². The molecule has 1 atom stereocenters. The number of nitrogens with zero attached hydrogens (tertiary/aromatic N) is 2. The molecule has 0 radical (unpaired) electrons. The summed E-state index contributed by atoms with van der Waals surface area (Å²) in [5, 5.41) is 1.31. The molecule has 0 amide bonds. The molecule has 1 unspecified atom stereocenters. The number of aromatic nitrogens is 1. The molecule has 1 heterocycles. The zero-order valence-corrected chi connectivity index (χ0v) is 29.3. The maximum absolute atomic E-state index is 3.84. The number of allylic oxidation sites excluding steroid dienone is 1. The Morgan fingerprint density at radius 3 is 2.00 bits per heavy atom. The van der Waals surface area contributed by atoms with Gasteiger partial charge in [0.1, 0.15) is 5.41 Å². The molecule has 7 aromatic carbocycles. The van der Waals surface area contributed by atoms with Crippen molar-refractivity contribution in [2.24, 2.45) is 0 Å². The van der Waals surface area contributed by atoms with Crippen molar-refractivity contribution in [3.05, 3.63) is 222 Å². The van der Waals surface area contributed by atoms with E-state index in [0.717, 1.165) is 35.5 Å². The van der Waals surface area contributed by atoms with Crippen molar-refractivity contribution in [3.8, 4) is 28.7 Å². The number of benzene rings is 7. The zero-order valence-electron chi connectivity index (χ0n) is 29.3. The van der Waals surface area contributed by atoms with Crippen LogP contribution < -0.4 is 4.90 Å². The van der Waals surface area contributed by atoms with Crippen LogP contribution in [0.5, 0.6) is 0 Å². The molecular weight excluding hydrogens is 641 g/mol. The minimum Gasteiger partial charge on any atom is -0.313 e. The van der Waals surface area contributed by atoms with Crippen molar-refractivity contribution in [1.29, 1.82) is 0 Å². The lowest BCUT2D eigenvalue weighted by molar-refractivity contribution is 0.837. The smallest absolute Gasteiger partial charge is 0.108 e. The molecule has 0 N–H and O–H groups in total. The molecule has 2 aliphatic carbocycles. The Bertz CT molecular complexity index is 2710. The third kappa shape index (κ3) is 5.05. The average Bonchev–Trinajstić information content (AvgIpc) is 3.72. The second kappa shape index (κ2) is 12.7. The highest BCUT2D eigenvalue weighted by atomic mass is 15.1. The fourth-order valence-electron chi connectivity index (χ4n) is 8.55. The number of hydrogen-bond donors (Lipinski definition) is 0. The molecule has 0 fully saturated rings. The summed E-state index contributed by atoms with van der Waals surface area (Å²) in [6, 6.07) is 65.4. The normalized spacial score (nSPS) is 15.2. The van der Waals surface area contributed by atoms with Crippen molar-refractivity contribution in [2.45, 2.75) is 18.3 Å². The molecule has 1 aromatic heterocycles. The predicted molar refractivity (Wildman–Crippen MR) is 220 cm³/mol. The van der Waals surface area contributed by atoms with Gasteiger partial charge in [0.25, 0.3) is 0 Å². The van der Waals surface area contributed by atoms with E-state index >= 15 is 0 Å². The van der Waals surface area contributed by atoms with Crippen LogP contribution in [-0.4, -0.2) is 4.57 Å². The number of hydrogen-bond acceptors (Lipinski definition) is 1. The predicted octanol–water partition coefficient (Wildman–Crippen LogP) is 12.4. The van der Waals surface area contributed by atoms with Crippen molar-refractivity contribution in [2.75, 3.05) is 4.90 Å². The molecule has 8 aromatic rings. The highest BCUT2D eigenvalue weighted by molar-refractivity contribution is 5.94. The second-order valence-corrected chi connectivity index (χ2v) is 13.8. The van der Waals surface area contributed by atoms with Gasteiger partial charge in [0.2, 0.25) is 0 Å². The molecular formula is C51H36N2. The molecule has 2 heteroatoms. The minimum absolute atomic E-state index is 0.616. The molecule has 0 aliphatic heterocycles. The zero-order chi connectivity index (χ0) is 35.2. The number of fused-ring (bicyclic) bond motifs is 6. The van der Waals surface area contributed by atoms with Gasteiger partial charge < -0.3 is 9.47 Å². The van der Waals surface area contributed by atoms with Gasteiger partial charge in [0.15, 0.2) is 0 Å². The quantitative estimate of drug-likeness (QED) is 0.165. The summed E-state index contributed by atoms with van der Waals surface area (Å²) >= 11 is 0. The first-order valence-electron chi connectivity index (χ1n) is 18.4. The van der Waals surface area contributed by atoms with Crippen LogP contribution in [0, 0.1) is 11.8 Å². The Labute approximate surface area is 310 Å². The van der Waals surface area contributed by atoms with E-state index in [-0.39, 0.29) is 0 Å². The lowest BCUT2D eigenvalue weighted by Crippen LogP contribution is -2.25. The SMILES string of the molecule is C(#CC1(c2ccccc2)c2ccccc2-c2cc(N(c3ccccc3)c3ccc(-n4c5c(c6ccccc64)C=CCC5)cc3)ccc21)c1ccccc1. The van der Waals surface area contributed by atoms with E-state index in [1.54, 1.807) is 0 Å². The van der Waals surface area contributed by atoms with E-state index in [0.29, 0.717) is 0 Å². The Hall–Kier alpha value is -6.82. The van der Waals surface area contributed by atoms with Crippen LogP contribution in [0.25, 0.3) is 33.8 Å². The van der Waals surface area contributed by atoms with Crippen LogP contribution in [0.1, 0.15) is 39.9 Å². The van der Waals surface area contributed by atoms with Gasteiger partial charge in [-0.05, 0) is 107 Å². The summed E-state index contributed by atoms with van der Waals surface area (Å²) < 4.78 is 2.46. The average molecular weight is 677 g/mol. The lowest BCUT2D eigenvalue weighted by atomic mass is 9.73. The van der Waals surface area contributed by atoms with E-state index in [1.165, 1.54) is 55.7 Å². The number of anilines is 3. The molecule has 0 bridgehead atoms. The Morgan fingerprint density at radius 1 is 0.547 bits per heavy atom. The van der Waals surface area contributed by atoms with E-state index in [2.05, 4.69) is 209 Å². The molecule has 2 nitrogen and oxygen atoms in total. The summed E-state index contributed by atoms with van der Waals surface area (Å²) in [6.07, 6.45) is 6.70. The van der Waals surface area contributed by atoms with Gasteiger partial charge in [-0.15, -0.1) is 0 Å². The van der Waals surface area contributed by atoms with Gasteiger partial charge in [0.05, 0.1) is 5.52 Å². The van der Waals surface area contributed by atoms with Crippen molar-refractivity contribution in [1.82, 2.24) is 4.57 Å². The molecule has 2 aliphatic rings. The van der Waals surface area contributed by atoms with E-state index in [1.807, 2.05) is 6.07 Å². The Kier molecular flexibility index (Phi) is 7.45. The first kappa shape index (κ1) is 31.0. The van der Waals surface area contributed by atoms with Gasteiger partial charge >= 0.3 is 0 Å². The Balaban J connectivity index is 1.13. The third-order valence-electron chi connectivity index (χ3n) is 10.9. The van der Waals surface area contributed by atoms with Gasteiger partial charge in [-0.25, -0.2) is 0 Å². The van der Waals surface area contributed by atoms with Gasteiger partial charge in [0, 0.05) is 45.0 Å². The minimum atomic E-state index is -0.616. The molecule has 0 saturated carbocycles. The van der Waals surface area contributed by atoms with Crippen molar-refractivity contribution < 1.29 is 0 Å². The standard InChI is InChI=1S/C51H36N2/c1-4-16-37(17-5-1)34-35-51(38-18-6-2-7-19-38)47-25-13-10-22-43(47)46-36-42(32-33-48(46)51)52(39-20-8-3-9-21-39)40-28-30-41(31-29-40)53-49-26-14-11-23-44(49)45-24-12-15-27-50(45)53/h1-14,16-26,28-33,36H,15,27H2. The topological polar surface area (TPSA) is 8.17 Å². The summed E-state index contributed by atoms with van der Waals surface area (Å²) in [7, 11) is 0. The van der Waals surface area contributed by atoms with E-state index in [4.69, 9.17) is 0 Å². The molecule has 10 rings (SSSR count). The van der Waals surface area contributed by atoms with Crippen molar-refractivity contribution >= 4 is 34.0 Å². The van der Waals surface area contributed by atoms with Crippen LogP contribution in [0.4, 0.5) is 17.1 Å². The van der Waals surface area contributed by atoms with Crippen LogP contribution in [0.15, 0.2) is 188 Å². The number of para-hydroxylation sites is 2. The lowest BCUT2D eigenvalue weighted by Gasteiger charge is -2.29. The fraction of sp³-hybridized carbons (Fsp3) is 0.0588. The first-order chi connectivity index (χ1) is 26.3. The van der Waals surface area contributed by atoms with Crippen LogP contribution >= 0.6 is 0 Å². The highest BCUT2D eigenvalue weighted by Gasteiger charge is 2.44. The third-order valence-corrected chi connectivity index (χ3v) is 10.9. The van der Waals surface area contributed by atoms with E-state index in [9.17, 15) is 0 Å². The van der Waals surface area contributed by atoms with Gasteiger partial charge in [-0.2, -0.15) is 0 Å². The van der Waals surface area contributed by atoms with Gasteiger partial charge in [-0.1, -0.05) is 139 Å². The maximum atomic E-state index is 3.84. The second-order valence-electron chi connectivity index (χ2n) is 13.8. The summed E-state index contributed by atoms with van der Waals surface area (Å²) in [4.78, 5) is 2.37. The molecule has 0 saturated heterocycles. The fourth-order valence-corrected chi connectivity index (χ4v) is 8.55. The summed E-state index contributed by atoms with van der Waals surface area (Å²) in [5.41, 5.74) is 14.9.